The molecule has 1 saturated heterocycles. The van der Waals surface area contributed by atoms with Crippen molar-refractivity contribution >= 4 is 64.1 Å². The van der Waals surface area contributed by atoms with E-state index in [0.29, 0.717) is 54.3 Å². The van der Waals surface area contributed by atoms with Gasteiger partial charge >= 0.3 is 12.8 Å². The van der Waals surface area contributed by atoms with Crippen molar-refractivity contribution in [1.82, 2.24) is 35.5 Å². The number of nitrogens with zero attached hydrogens (tertiary/aromatic N) is 6. The highest BCUT2D eigenvalue weighted by atomic mass is 32.7. The van der Waals surface area contributed by atoms with Gasteiger partial charge in [0.25, 0.3) is 0 Å². The number of carbonyl (C=O) groups excluding carboxylic acids is 2. The molecular weight excluding hydrogens is 889 g/mol. The van der Waals surface area contributed by atoms with Crippen LogP contribution in [0.4, 0.5) is 15.9 Å². The molecular formula is C46H47FN9O8PS. The van der Waals surface area contributed by atoms with Crippen molar-refractivity contribution in [3.63, 3.8) is 0 Å². The Balaban J connectivity index is 0.786. The first-order valence-corrected chi connectivity index (χ1v) is 24.5. The summed E-state index contributed by atoms with van der Waals surface area (Å²) < 4.78 is 60.5. The molecule has 0 saturated carbocycles. The van der Waals surface area contributed by atoms with Crippen LogP contribution < -0.4 is 31.1 Å². The van der Waals surface area contributed by atoms with E-state index in [0.717, 1.165) is 50.7 Å². The highest BCUT2D eigenvalue weighted by Gasteiger charge is 2.49. The van der Waals surface area contributed by atoms with Gasteiger partial charge in [0, 0.05) is 23.3 Å². The summed E-state index contributed by atoms with van der Waals surface area (Å²) in [5.41, 5.74) is 19.8. The summed E-state index contributed by atoms with van der Waals surface area (Å²) in [6.45, 7) is 2.56. The molecule has 0 spiro atoms. The number of para-hydroxylation sites is 1. The first kappa shape index (κ1) is 44.8. The van der Waals surface area contributed by atoms with Crippen LogP contribution in [0.15, 0.2) is 110 Å². The lowest BCUT2D eigenvalue weighted by Gasteiger charge is -2.30. The summed E-state index contributed by atoms with van der Waals surface area (Å²) in [6.07, 6.45) is -1.89. The molecule has 17 nitrogen and oxygen atoms in total. The second kappa shape index (κ2) is 19.2. The summed E-state index contributed by atoms with van der Waals surface area (Å²) in [6, 6.07) is 29.4. The van der Waals surface area contributed by atoms with Crippen LogP contribution in [0.3, 0.4) is 0 Å². The molecule has 342 valence electrons. The first-order chi connectivity index (χ1) is 32.0. The molecule has 5 atom stereocenters. The van der Waals surface area contributed by atoms with E-state index in [1.165, 1.54) is 17.2 Å². The number of nitrogens with two attached hydrogens (primary N) is 1. The monoisotopic (exact) mass is 935 g/mol. The van der Waals surface area contributed by atoms with Gasteiger partial charge in [-0.1, -0.05) is 61.5 Å². The number of benzene rings is 4. The second-order valence-corrected chi connectivity index (χ2v) is 19.5. The number of hydrogen-bond acceptors (Lipinski definition) is 16. The van der Waals surface area contributed by atoms with Crippen molar-refractivity contribution in [2.75, 3.05) is 30.4 Å². The number of rotatable bonds is 15. The summed E-state index contributed by atoms with van der Waals surface area (Å²) in [5, 5.41) is 1.98. The van der Waals surface area contributed by atoms with Gasteiger partial charge in [-0.2, -0.15) is 0 Å². The van der Waals surface area contributed by atoms with E-state index in [4.69, 9.17) is 29.0 Å². The van der Waals surface area contributed by atoms with E-state index in [-0.39, 0.29) is 24.1 Å². The number of nitrogens with one attached hydrogen (secondary N) is 2. The van der Waals surface area contributed by atoms with Gasteiger partial charge in [-0.3, -0.25) is 18.9 Å². The highest BCUT2D eigenvalue weighted by molar-refractivity contribution is 8.54. The Morgan fingerprint density at radius 2 is 1.70 bits per heavy atom. The number of ether oxygens (including phenoxy) is 3. The van der Waals surface area contributed by atoms with Crippen molar-refractivity contribution < 1.29 is 41.8 Å². The number of alkyl halides is 1. The quantitative estimate of drug-likeness (QED) is 0.0511. The van der Waals surface area contributed by atoms with Crippen molar-refractivity contribution in [3.05, 3.63) is 138 Å². The molecule has 66 heavy (non-hydrogen) atoms. The van der Waals surface area contributed by atoms with Gasteiger partial charge in [-0.05, 0) is 78.8 Å². The first-order valence-electron chi connectivity index (χ1n) is 21.4. The lowest BCUT2D eigenvalue weighted by molar-refractivity contribution is -0.118. The summed E-state index contributed by atoms with van der Waals surface area (Å²) in [5.74, 6) is 0.695. The zero-order chi connectivity index (χ0) is 46.0. The van der Waals surface area contributed by atoms with Gasteiger partial charge in [0.2, 0.25) is 5.91 Å². The van der Waals surface area contributed by atoms with Crippen molar-refractivity contribution in [2.24, 2.45) is 0 Å². The van der Waals surface area contributed by atoms with Gasteiger partial charge < -0.3 is 34.8 Å². The van der Waals surface area contributed by atoms with Crippen LogP contribution in [-0.2, 0) is 35.4 Å². The van der Waals surface area contributed by atoms with Crippen LogP contribution in [0.2, 0.25) is 0 Å². The van der Waals surface area contributed by atoms with E-state index in [1.807, 2.05) is 59.3 Å². The molecule has 3 aliphatic heterocycles. The smallest absolute Gasteiger partial charge is 0.389 e. The van der Waals surface area contributed by atoms with Crippen LogP contribution in [0, 0.1) is 0 Å². The Bertz CT molecular complexity index is 2830. The number of nitrogen functional groups attached to an aromatic ring is 1. The largest absolute Gasteiger partial charge is 0.492 e. The second-order valence-electron chi connectivity index (χ2n) is 15.5. The molecule has 20 heteroatoms. The normalized spacial score (nSPS) is 19.9. The SMILES string of the molecule is CCOP(=O)(O[C@@H]1C(C)O[C@@H](n2cnc3c(N)ncnc32)[C@@H]1F)SCc1ccc(OC(=O)c2ccc(OCCN3NNC4=C3c3ccccc3N(C(=O)CC)Cc3ccccc34)cc2)cc1. The number of imidazole rings is 1. The molecule has 3 aliphatic rings. The number of esters is 1. The van der Waals surface area contributed by atoms with E-state index >= 15 is 4.39 Å². The average molecular weight is 936 g/mol. The van der Waals surface area contributed by atoms with Crippen molar-refractivity contribution in [1.29, 1.82) is 0 Å². The number of aromatic nitrogens is 4. The van der Waals surface area contributed by atoms with Gasteiger partial charge in [-0.25, -0.2) is 28.7 Å². The maximum atomic E-state index is 16.0. The average Bonchev–Trinajstić information content (AvgIpc) is 4.03. The van der Waals surface area contributed by atoms with Gasteiger partial charge in [0.1, 0.15) is 36.1 Å². The van der Waals surface area contributed by atoms with E-state index in [1.54, 1.807) is 62.4 Å². The standard InChI is InChI=1S/C46H47FN9O8PS/c1-4-37(57)54-24-31-10-6-7-11-34(31)39-41(35-12-8-9-13-36(35)54)56(53-52-39)22-23-60-32-20-16-30(17-21-32)46(58)63-33-18-14-29(15-19-33)25-66-65(59,61-5-2)64-42-28(3)62-45(38(42)47)55-27-51-40-43(48)49-26-50-44(40)55/h6-21,26-28,38,42,45,52-53H,4-5,22-25H2,1-3H3,(H2,48,49,50)/t28?,38-,42-,45-,65?/m1/s1. The minimum Gasteiger partial charge on any atom is -0.492 e. The number of fused-ring (bicyclic) bond motifs is 5. The fraction of sp³-hybridized carbons (Fsp3) is 0.283. The fourth-order valence-electron chi connectivity index (χ4n) is 8.03. The Hall–Kier alpha value is -6.34. The highest BCUT2D eigenvalue weighted by Crippen LogP contribution is 2.64. The van der Waals surface area contributed by atoms with Gasteiger partial charge in [-0.15, -0.1) is 5.53 Å². The Morgan fingerprint density at radius 1 is 0.955 bits per heavy atom. The minimum atomic E-state index is -3.89. The Kier molecular flexibility index (Phi) is 13.1. The molecule has 1 amide bonds. The number of carbonyl (C=O) groups is 2. The molecule has 5 heterocycles. The van der Waals surface area contributed by atoms with Gasteiger partial charge in [0.15, 0.2) is 23.9 Å². The molecule has 4 aromatic carbocycles. The summed E-state index contributed by atoms with van der Waals surface area (Å²) in [4.78, 5) is 40.5. The molecule has 9 rings (SSSR count). The molecule has 0 aliphatic carbocycles. The summed E-state index contributed by atoms with van der Waals surface area (Å²) >= 11 is 0.918. The Morgan fingerprint density at radius 3 is 2.47 bits per heavy atom. The van der Waals surface area contributed by atoms with Crippen LogP contribution in [0.25, 0.3) is 22.6 Å². The third-order valence-electron chi connectivity index (χ3n) is 11.3. The maximum Gasteiger partial charge on any atom is 0.389 e. The predicted octanol–water partition coefficient (Wildman–Crippen LogP) is 7.83. The van der Waals surface area contributed by atoms with E-state index < -0.39 is 37.4 Å². The molecule has 0 bridgehead atoms. The van der Waals surface area contributed by atoms with E-state index in [9.17, 15) is 14.2 Å². The van der Waals surface area contributed by atoms with Crippen molar-refractivity contribution in [2.45, 2.75) is 64.1 Å². The topological polar surface area (TPSA) is 198 Å². The number of anilines is 2. The third kappa shape index (κ3) is 9.10. The van der Waals surface area contributed by atoms with Crippen LogP contribution in [0.1, 0.15) is 66.0 Å². The molecule has 4 N–H and O–H groups in total. The molecule has 2 unspecified atom stereocenters. The molecule has 6 aromatic rings. The van der Waals surface area contributed by atoms with Gasteiger partial charge in [0.05, 0.1) is 54.8 Å². The van der Waals surface area contributed by atoms with Crippen LogP contribution in [0.5, 0.6) is 11.5 Å². The summed E-state index contributed by atoms with van der Waals surface area (Å²) in [7, 11) is 0. The van der Waals surface area contributed by atoms with Crippen LogP contribution in [-0.4, -0.2) is 74.5 Å². The number of hydrogen-bond donors (Lipinski definition) is 3. The molecule has 2 aromatic heterocycles. The zero-order valence-corrected chi connectivity index (χ0v) is 37.9. The fourth-order valence-corrected chi connectivity index (χ4v) is 11.6. The number of amides is 1. The third-order valence-corrected chi connectivity index (χ3v) is 15.1. The van der Waals surface area contributed by atoms with Crippen molar-refractivity contribution in [3.8, 4) is 11.5 Å². The lowest BCUT2D eigenvalue weighted by atomic mass is 9.96. The lowest BCUT2D eigenvalue weighted by Crippen LogP contribution is -2.40. The molecule has 1 fully saturated rings. The number of halogens is 1. The zero-order valence-electron chi connectivity index (χ0n) is 36.2. The minimum absolute atomic E-state index is 0.0374. The molecule has 0 radical (unpaired) electrons. The van der Waals surface area contributed by atoms with E-state index in [2.05, 4.69) is 32.0 Å². The van der Waals surface area contributed by atoms with Crippen LogP contribution >= 0.6 is 18.2 Å². The Labute approximate surface area is 383 Å². The number of hydrazine groups is 2. The predicted molar refractivity (Wildman–Crippen MR) is 247 cm³/mol. The maximum absolute atomic E-state index is 16.0.